The molecule has 0 aliphatic rings. The van der Waals surface area contributed by atoms with Crippen LogP contribution < -0.4 is 5.73 Å². The SMILES string of the molecule is CC(C)c1cc2ccc(N)cc2[nH]1. The molecule has 0 amide bonds. The summed E-state index contributed by atoms with van der Waals surface area (Å²) in [6.07, 6.45) is 0. The van der Waals surface area contributed by atoms with Gasteiger partial charge in [0.2, 0.25) is 0 Å². The summed E-state index contributed by atoms with van der Waals surface area (Å²) >= 11 is 0. The molecule has 2 nitrogen and oxygen atoms in total. The lowest BCUT2D eigenvalue weighted by molar-refractivity contribution is 0.836. The van der Waals surface area contributed by atoms with E-state index in [-0.39, 0.29) is 0 Å². The van der Waals surface area contributed by atoms with Crippen LogP contribution in [0.4, 0.5) is 5.69 Å². The lowest BCUT2D eigenvalue weighted by atomic mass is 10.1. The molecule has 0 atom stereocenters. The van der Waals surface area contributed by atoms with E-state index in [2.05, 4.69) is 24.9 Å². The maximum atomic E-state index is 5.69. The van der Waals surface area contributed by atoms with Crippen molar-refractivity contribution in [2.24, 2.45) is 0 Å². The molecule has 0 spiro atoms. The van der Waals surface area contributed by atoms with Crippen LogP contribution in [0.25, 0.3) is 10.9 Å². The molecule has 1 aromatic carbocycles. The van der Waals surface area contributed by atoms with Gasteiger partial charge in [0.1, 0.15) is 0 Å². The molecule has 3 N–H and O–H groups in total. The highest BCUT2D eigenvalue weighted by atomic mass is 14.7. The van der Waals surface area contributed by atoms with E-state index < -0.39 is 0 Å². The second-order valence-electron chi connectivity index (χ2n) is 3.73. The molecule has 0 bridgehead atoms. The monoisotopic (exact) mass is 174 g/mol. The number of aromatic amines is 1. The first kappa shape index (κ1) is 8.17. The van der Waals surface area contributed by atoms with Crippen LogP contribution in [0, 0.1) is 0 Å². The van der Waals surface area contributed by atoms with Gasteiger partial charge in [-0.05, 0) is 29.5 Å². The molecular formula is C11H14N2. The third-order valence-corrected chi connectivity index (χ3v) is 2.29. The molecule has 0 fully saturated rings. The number of H-pyrrole nitrogens is 1. The Kier molecular flexibility index (Phi) is 1.76. The number of fused-ring (bicyclic) bond motifs is 1. The van der Waals surface area contributed by atoms with E-state index >= 15 is 0 Å². The predicted molar refractivity (Wildman–Crippen MR) is 56.8 cm³/mol. The van der Waals surface area contributed by atoms with Crippen LogP contribution in [0.1, 0.15) is 25.5 Å². The topological polar surface area (TPSA) is 41.8 Å². The van der Waals surface area contributed by atoms with Crippen molar-refractivity contribution in [3.8, 4) is 0 Å². The molecule has 0 aliphatic carbocycles. The van der Waals surface area contributed by atoms with E-state index in [1.165, 1.54) is 11.1 Å². The first-order chi connectivity index (χ1) is 6.16. The maximum Gasteiger partial charge on any atom is 0.0476 e. The summed E-state index contributed by atoms with van der Waals surface area (Å²) in [7, 11) is 0. The Balaban J connectivity index is 2.62. The molecule has 0 saturated heterocycles. The molecule has 0 radical (unpaired) electrons. The summed E-state index contributed by atoms with van der Waals surface area (Å²) < 4.78 is 0. The van der Waals surface area contributed by atoms with Crippen molar-refractivity contribution in [1.29, 1.82) is 0 Å². The van der Waals surface area contributed by atoms with Crippen molar-refractivity contribution >= 4 is 16.6 Å². The van der Waals surface area contributed by atoms with E-state index in [0.717, 1.165) is 11.2 Å². The zero-order valence-corrected chi connectivity index (χ0v) is 7.96. The van der Waals surface area contributed by atoms with Gasteiger partial charge >= 0.3 is 0 Å². The second-order valence-corrected chi connectivity index (χ2v) is 3.73. The number of rotatable bonds is 1. The number of nitrogens with one attached hydrogen (secondary N) is 1. The van der Waals surface area contributed by atoms with E-state index in [1.807, 2.05) is 18.2 Å². The summed E-state index contributed by atoms with van der Waals surface area (Å²) in [6.45, 7) is 4.35. The van der Waals surface area contributed by atoms with Crippen LogP contribution in [0.3, 0.4) is 0 Å². The average Bonchev–Trinajstić information content (AvgIpc) is 2.46. The number of aromatic nitrogens is 1. The lowest BCUT2D eigenvalue weighted by Crippen LogP contribution is -1.85. The summed E-state index contributed by atoms with van der Waals surface area (Å²) in [4.78, 5) is 3.36. The summed E-state index contributed by atoms with van der Waals surface area (Å²) in [5.41, 5.74) is 8.89. The Morgan fingerprint density at radius 2 is 2.00 bits per heavy atom. The normalized spacial score (nSPS) is 11.3. The van der Waals surface area contributed by atoms with Gasteiger partial charge in [-0.25, -0.2) is 0 Å². The lowest BCUT2D eigenvalue weighted by Gasteiger charge is -1.97. The molecule has 0 aliphatic heterocycles. The van der Waals surface area contributed by atoms with Gasteiger partial charge in [0.05, 0.1) is 0 Å². The average molecular weight is 174 g/mol. The van der Waals surface area contributed by atoms with Crippen LogP contribution in [0.2, 0.25) is 0 Å². The highest BCUT2D eigenvalue weighted by Crippen LogP contribution is 2.22. The minimum atomic E-state index is 0.536. The molecule has 0 unspecified atom stereocenters. The third-order valence-electron chi connectivity index (χ3n) is 2.29. The predicted octanol–water partition coefficient (Wildman–Crippen LogP) is 2.87. The largest absolute Gasteiger partial charge is 0.399 e. The summed E-state index contributed by atoms with van der Waals surface area (Å²) in [5, 5.41) is 1.23. The third kappa shape index (κ3) is 1.39. The molecule has 1 heterocycles. The Morgan fingerprint density at radius 3 is 2.69 bits per heavy atom. The molecule has 0 saturated carbocycles. The van der Waals surface area contributed by atoms with Crippen LogP contribution in [-0.4, -0.2) is 4.98 Å². The second kappa shape index (κ2) is 2.80. The van der Waals surface area contributed by atoms with Gasteiger partial charge in [-0.15, -0.1) is 0 Å². The minimum absolute atomic E-state index is 0.536. The zero-order valence-electron chi connectivity index (χ0n) is 7.96. The van der Waals surface area contributed by atoms with Crippen LogP contribution >= 0.6 is 0 Å². The van der Waals surface area contributed by atoms with Crippen molar-refractivity contribution in [3.63, 3.8) is 0 Å². The maximum absolute atomic E-state index is 5.69. The van der Waals surface area contributed by atoms with Gasteiger partial charge in [-0.2, -0.15) is 0 Å². The van der Waals surface area contributed by atoms with Crippen molar-refractivity contribution < 1.29 is 0 Å². The smallest absolute Gasteiger partial charge is 0.0476 e. The van der Waals surface area contributed by atoms with Crippen molar-refractivity contribution in [3.05, 3.63) is 30.0 Å². The minimum Gasteiger partial charge on any atom is -0.399 e. The quantitative estimate of drug-likeness (QED) is 0.641. The van der Waals surface area contributed by atoms with Crippen molar-refractivity contribution in [2.75, 3.05) is 5.73 Å². The van der Waals surface area contributed by atoms with Gasteiger partial charge in [0.25, 0.3) is 0 Å². The van der Waals surface area contributed by atoms with E-state index in [0.29, 0.717) is 5.92 Å². The fraction of sp³-hybridized carbons (Fsp3) is 0.273. The zero-order chi connectivity index (χ0) is 9.42. The molecule has 1 aromatic heterocycles. The van der Waals surface area contributed by atoms with Gasteiger partial charge in [0.15, 0.2) is 0 Å². The van der Waals surface area contributed by atoms with Gasteiger partial charge in [-0.1, -0.05) is 19.9 Å². The molecule has 2 rings (SSSR count). The van der Waals surface area contributed by atoms with Crippen molar-refractivity contribution in [2.45, 2.75) is 19.8 Å². The Morgan fingerprint density at radius 1 is 1.23 bits per heavy atom. The molecule has 2 aromatic rings. The Hall–Kier alpha value is -1.44. The van der Waals surface area contributed by atoms with Crippen LogP contribution in [-0.2, 0) is 0 Å². The Labute approximate surface area is 77.8 Å². The number of nitrogens with two attached hydrogens (primary N) is 1. The molecular weight excluding hydrogens is 160 g/mol. The number of hydrogen-bond acceptors (Lipinski definition) is 1. The van der Waals surface area contributed by atoms with Gasteiger partial charge in [0, 0.05) is 16.9 Å². The van der Waals surface area contributed by atoms with Gasteiger partial charge in [-0.3, -0.25) is 0 Å². The first-order valence-electron chi connectivity index (χ1n) is 4.55. The first-order valence-corrected chi connectivity index (χ1v) is 4.55. The summed E-state index contributed by atoms with van der Waals surface area (Å²) in [5.74, 6) is 0.536. The molecule has 68 valence electrons. The fourth-order valence-corrected chi connectivity index (χ4v) is 1.48. The van der Waals surface area contributed by atoms with Gasteiger partial charge < -0.3 is 10.7 Å². The fourth-order valence-electron chi connectivity index (χ4n) is 1.48. The standard InChI is InChI=1S/C11H14N2/c1-7(2)10-5-8-3-4-9(12)6-11(8)13-10/h3-7,13H,12H2,1-2H3. The number of benzene rings is 1. The molecule has 13 heavy (non-hydrogen) atoms. The highest BCUT2D eigenvalue weighted by molar-refractivity contribution is 5.83. The highest BCUT2D eigenvalue weighted by Gasteiger charge is 2.03. The number of nitrogen functional groups attached to an aromatic ring is 1. The van der Waals surface area contributed by atoms with Crippen LogP contribution in [0.5, 0.6) is 0 Å². The summed E-state index contributed by atoms with van der Waals surface area (Å²) in [6, 6.07) is 8.13. The van der Waals surface area contributed by atoms with E-state index in [4.69, 9.17) is 5.73 Å². The Bertz CT molecular complexity index is 427. The number of anilines is 1. The molecule has 2 heteroatoms. The van der Waals surface area contributed by atoms with Crippen molar-refractivity contribution in [1.82, 2.24) is 4.98 Å². The van der Waals surface area contributed by atoms with E-state index in [1.54, 1.807) is 0 Å². The van der Waals surface area contributed by atoms with Crippen LogP contribution in [0.15, 0.2) is 24.3 Å². The number of hydrogen-bond donors (Lipinski definition) is 2. The van der Waals surface area contributed by atoms with E-state index in [9.17, 15) is 0 Å².